The van der Waals surface area contributed by atoms with Crippen molar-refractivity contribution in [2.24, 2.45) is 0 Å². The largest absolute Gasteiger partial charge is 0.493 e. The van der Waals surface area contributed by atoms with Crippen LogP contribution in [0.2, 0.25) is 0 Å². The second-order valence-corrected chi connectivity index (χ2v) is 7.34. The molecule has 2 heterocycles. The predicted octanol–water partition coefficient (Wildman–Crippen LogP) is 3.76. The van der Waals surface area contributed by atoms with Gasteiger partial charge >= 0.3 is 0 Å². The zero-order chi connectivity index (χ0) is 20.8. The highest BCUT2D eigenvalue weighted by atomic mass is 16.5. The second-order valence-electron chi connectivity index (χ2n) is 7.34. The molecule has 3 aromatic rings. The summed E-state index contributed by atoms with van der Waals surface area (Å²) in [5.74, 6) is 0.925. The van der Waals surface area contributed by atoms with Gasteiger partial charge in [0, 0.05) is 6.20 Å². The van der Waals surface area contributed by atoms with Gasteiger partial charge in [-0.25, -0.2) is 0 Å². The van der Waals surface area contributed by atoms with Crippen molar-refractivity contribution in [3.05, 3.63) is 60.4 Å². The fourth-order valence-corrected chi connectivity index (χ4v) is 3.79. The number of nitrogens with zero attached hydrogens (tertiary/aromatic N) is 3. The van der Waals surface area contributed by atoms with Gasteiger partial charge in [0.1, 0.15) is 0 Å². The minimum atomic E-state index is -0.212. The third-order valence-corrected chi connectivity index (χ3v) is 5.28. The highest BCUT2D eigenvalue weighted by Gasteiger charge is 2.22. The lowest BCUT2D eigenvalue weighted by Gasteiger charge is -2.13. The molecule has 1 N–H and O–H groups in total. The molecule has 0 spiro atoms. The molecule has 0 unspecified atom stereocenters. The molecule has 0 bridgehead atoms. The van der Waals surface area contributed by atoms with E-state index in [0.29, 0.717) is 24.1 Å². The van der Waals surface area contributed by atoms with Crippen molar-refractivity contribution in [3.63, 3.8) is 0 Å². The van der Waals surface area contributed by atoms with Crippen LogP contribution in [0.15, 0.2) is 54.7 Å². The van der Waals surface area contributed by atoms with E-state index in [9.17, 15) is 4.79 Å². The Balaban J connectivity index is 1.41. The summed E-state index contributed by atoms with van der Waals surface area (Å²) in [6.07, 6.45) is 6.48. The van der Waals surface area contributed by atoms with Crippen LogP contribution >= 0.6 is 0 Å². The summed E-state index contributed by atoms with van der Waals surface area (Å²) in [6.45, 7) is 0.254. The summed E-state index contributed by atoms with van der Waals surface area (Å²) in [7, 11) is 1.57. The van der Waals surface area contributed by atoms with Gasteiger partial charge < -0.3 is 14.8 Å². The lowest BCUT2D eigenvalue weighted by atomic mass is 10.2. The molecule has 1 aliphatic rings. The Hall–Kier alpha value is -3.35. The molecule has 7 heteroatoms. The summed E-state index contributed by atoms with van der Waals surface area (Å²) >= 11 is 0. The third kappa shape index (κ3) is 4.62. The van der Waals surface area contributed by atoms with E-state index in [1.165, 1.54) is 12.8 Å². The Morgan fingerprint density at radius 2 is 1.90 bits per heavy atom. The average molecular weight is 406 g/mol. The molecule has 30 heavy (non-hydrogen) atoms. The van der Waals surface area contributed by atoms with Crippen molar-refractivity contribution in [3.8, 4) is 22.9 Å². The Kier molecular flexibility index (Phi) is 6.27. The lowest BCUT2D eigenvalue weighted by molar-refractivity contribution is -0.123. The van der Waals surface area contributed by atoms with Crippen LogP contribution in [0.25, 0.3) is 11.4 Å². The smallest absolute Gasteiger partial charge is 0.258 e. The monoisotopic (exact) mass is 406 g/mol. The molecule has 1 fully saturated rings. The third-order valence-electron chi connectivity index (χ3n) is 5.28. The summed E-state index contributed by atoms with van der Waals surface area (Å²) < 4.78 is 12.9. The molecule has 4 rings (SSSR count). The Labute approximate surface area is 176 Å². The van der Waals surface area contributed by atoms with Gasteiger partial charge in [0.25, 0.3) is 5.91 Å². The summed E-state index contributed by atoms with van der Waals surface area (Å²) in [4.78, 5) is 16.8. The minimum absolute atomic E-state index is 0.0865. The summed E-state index contributed by atoms with van der Waals surface area (Å²) in [5.41, 5.74) is 2.71. The Morgan fingerprint density at radius 1 is 1.13 bits per heavy atom. The van der Waals surface area contributed by atoms with Crippen LogP contribution in [-0.2, 0) is 11.3 Å². The van der Waals surface area contributed by atoms with Gasteiger partial charge in [-0.1, -0.05) is 31.0 Å². The first kappa shape index (κ1) is 19.9. The normalized spacial score (nSPS) is 13.9. The van der Waals surface area contributed by atoms with Gasteiger partial charge in [-0.15, -0.1) is 0 Å². The van der Waals surface area contributed by atoms with Crippen LogP contribution in [0.1, 0.15) is 37.4 Å². The van der Waals surface area contributed by atoms with Crippen LogP contribution in [-0.4, -0.2) is 34.4 Å². The van der Waals surface area contributed by atoms with Gasteiger partial charge in [0.15, 0.2) is 18.1 Å². The van der Waals surface area contributed by atoms with Crippen molar-refractivity contribution < 1.29 is 14.3 Å². The number of pyridine rings is 1. The molecule has 0 radical (unpaired) electrons. The van der Waals surface area contributed by atoms with Crippen molar-refractivity contribution in [1.82, 2.24) is 20.1 Å². The van der Waals surface area contributed by atoms with E-state index in [4.69, 9.17) is 14.6 Å². The number of aromatic nitrogens is 3. The average Bonchev–Trinajstić information content (AvgIpc) is 3.47. The molecule has 7 nitrogen and oxygen atoms in total. The number of rotatable bonds is 8. The van der Waals surface area contributed by atoms with Crippen LogP contribution in [0.3, 0.4) is 0 Å². The number of carbonyl (C=O) groups excluding carboxylic acids is 1. The number of amides is 1. The maximum absolute atomic E-state index is 12.3. The SMILES string of the molecule is COc1ccccc1OCC(=O)NCc1cc(-c2ccccn2)n(C2CCCC2)n1. The first-order valence-electron chi connectivity index (χ1n) is 10.3. The topological polar surface area (TPSA) is 78.3 Å². The molecule has 156 valence electrons. The van der Waals surface area contributed by atoms with E-state index < -0.39 is 0 Å². The zero-order valence-corrected chi connectivity index (χ0v) is 17.1. The number of methoxy groups -OCH3 is 1. The number of para-hydroxylation sites is 2. The molecular formula is C23H26N4O3. The Morgan fingerprint density at radius 3 is 2.63 bits per heavy atom. The van der Waals surface area contributed by atoms with Crippen LogP contribution in [0.5, 0.6) is 11.5 Å². The number of carbonyl (C=O) groups is 1. The van der Waals surface area contributed by atoms with Crippen LogP contribution in [0, 0.1) is 0 Å². The van der Waals surface area contributed by atoms with Gasteiger partial charge in [-0.2, -0.15) is 5.10 Å². The van der Waals surface area contributed by atoms with Crippen LogP contribution < -0.4 is 14.8 Å². The van der Waals surface area contributed by atoms with Crippen molar-refractivity contribution in [2.45, 2.75) is 38.3 Å². The van der Waals surface area contributed by atoms with E-state index in [1.807, 2.05) is 36.4 Å². The minimum Gasteiger partial charge on any atom is -0.493 e. The molecule has 0 aliphatic heterocycles. The zero-order valence-electron chi connectivity index (χ0n) is 17.1. The van der Waals surface area contributed by atoms with Crippen LogP contribution in [0.4, 0.5) is 0 Å². The highest BCUT2D eigenvalue weighted by Crippen LogP contribution is 2.33. The molecule has 1 aromatic carbocycles. The molecule has 1 amide bonds. The fraction of sp³-hybridized carbons (Fsp3) is 0.348. The van der Waals surface area contributed by atoms with E-state index in [1.54, 1.807) is 25.4 Å². The van der Waals surface area contributed by atoms with Gasteiger partial charge in [-0.05, 0) is 43.2 Å². The molecule has 0 saturated heterocycles. The Bertz CT molecular complexity index is 981. The molecule has 1 aliphatic carbocycles. The fourth-order valence-electron chi connectivity index (χ4n) is 3.79. The van der Waals surface area contributed by atoms with E-state index in [2.05, 4.69) is 15.0 Å². The number of hydrogen-bond donors (Lipinski definition) is 1. The molecule has 0 atom stereocenters. The second kappa shape index (κ2) is 9.43. The molecule has 1 saturated carbocycles. The number of hydrogen-bond acceptors (Lipinski definition) is 5. The van der Waals surface area contributed by atoms with Gasteiger partial charge in [-0.3, -0.25) is 14.5 Å². The summed E-state index contributed by atoms with van der Waals surface area (Å²) in [5, 5.41) is 7.68. The highest BCUT2D eigenvalue weighted by molar-refractivity contribution is 5.77. The standard InChI is InChI=1S/C23H26N4O3/c1-29-21-11-4-5-12-22(21)30-16-23(28)25-15-17-14-20(19-10-6-7-13-24-19)27(26-17)18-8-2-3-9-18/h4-7,10-14,18H,2-3,8-9,15-16H2,1H3,(H,25,28). The van der Waals surface area contributed by atoms with Gasteiger partial charge in [0.05, 0.1) is 36.8 Å². The number of benzene rings is 1. The number of nitrogens with one attached hydrogen (secondary N) is 1. The number of ether oxygens (including phenoxy) is 2. The van der Waals surface area contributed by atoms with Crippen molar-refractivity contribution in [1.29, 1.82) is 0 Å². The predicted molar refractivity (Wildman–Crippen MR) is 113 cm³/mol. The van der Waals surface area contributed by atoms with E-state index >= 15 is 0 Å². The summed E-state index contributed by atoms with van der Waals surface area (Å²) in [6, 6.07) is 15.5. The lowest BCUT2D eigenvalue weighted by Crippen LogP contribution is -2.28. The molecule has 2 aromatic heterocycles. The van der Waals surface area contributed by atoms with Crippen molar-refractivity contribution in [2.75, 3.05) is 13.7 Å². The van der Waals surface area contributed by atoms with Crippen molar-refractivity contribution >= 4 is 5.91 Å². The van der Waals surface area contributed by atoms with E-state index in [-0.39, 0.29) is 12.5 Å². The maximum Gasteiger partial charge on any atom is 0.258 e. The first-order chi connectivity index (χ1) is 14.7. The maximum atomic E-state index is 12.3. The molecular weight excluding hydrogens is 380 g/mol. The van der Waals surface area contributed by atoms with Gasteiger partial charge in [0.2, 0.25) is 0 Å². The quantitative estimate of drug-likeness (QED) is 0.616. The van der Waals surface area contributed by atoms with E-state index in [0.717, 1.165) is 29.9 Å². The first-order valence-corrected chi connectivity index (χ1v) is 10.3.